The Bertz CT molecular complexity index is 676. The van der Waals surface area contributed by atoms with Crippen LogP contribution in [0.1, 0.15) is 5.56 Å². The third-order valence-corrected chi connectivity index (χ3v) is 3.32. The molecule has 2 rings (SSSR count). The Morgan fingerprint density at radius 1 is 1.17 bits per heavy atom. The third kappa shape index (κ3) is 8.27. The molecule has 0 fully saturated rings. The van der Waals surface area contributed by atoms with Crippen molar-refractivity contribution in [2.24, 2.45) is 7.05 Å². The van der Waals surface area contributed by atoms with Crippen molar-refractivity contribution in [3.63, 3.8) is 0 Å². The summed E-state index contributed by atoms with van der Waals surface area (Å²) < 4.78 is 33.1. The molecule has 2 aromatic rings. The van der Waals surface area contributed by atoms with Gasteiger partial charge in [-0.15, -0.1) is 0 Å². The number of pyridine rings is 1. The standard InChI is InChI=1S/C14H18N3.CH4O4S/c1-16-10-8-13(9-11-16)12-15-17(2)14-6-4-3-5-7-14;1-5-6(2,3)4/h3-11,15H,12H2,1-2H3;1H3,(H,2,3,4)/q+1;/p-1. The SMILES string of the molecule is CN(NCc1cc[n+](C)cc1)c1ccccc1.COS(=O)(=O)[O-]. The van der Waals surface area contributed by atoms with Crippen LogP contribution in [0.5, 0.6) is 0 Å². The maximum atomic E-state index is 9.22. The minimum atomic E-state index is -4.41. The second-order valence-corrected chi connectivity index (χ2v) is 5.83. The number of rotatable bonds is 5. The van der Waals surface area contributed by atoms with E-state index in [1.165, 1.54) is 5.56 Å². The molecule has 1 heterocycles. The highest BCUT2D eigenvalue weighted by molar-refractivity contribution is 7.80. The Balaban J connectivity index is 0.000000379. The monoisotopic (exact) mass is 339 g/mol. The van der Waals surface area contributed by atoms with Crippen molar-refractivity contribution >= 4 is 16.1 Å². The minimum absolute atomic E-state index is 0.808. The number of aryl methyl sites for hydroxylation is 1. The van der Waals surface area contributed by atoms with E-state index in [4.69, 9.17) is 0 Å². The van der Waals surface area contributed by atoms with Crippen molar-refractivity contribution < 1.29 is 21.7 Å². The molecule has 0 saturated carbocycles. The summed E-state index contributed by atoms with van der Waals surface area (Å²) in [5.74, 6) is 0. The Kier molecular flexibility index (Phi) is 7.63. The van der Waals surface area contributed by atoms with Gasteiger partial charge in [0.05, 0.1) is 12.8 Å². The summed E-state index contributed by atoms with van der Waals surface area (Å²) >= 11 is 0. The van der Waals surface area contributed by atoms with E-state index in [1.807, 2.05) is 41.9 Å². The van der Waals surface area contributed by atoms with E-state index < -0.39 is 10.4 Å². The van der Waals surface area contributed by atoms with E-state index in [0.29, 0.717) is 0 Å². The quantitative estimate of drug-likeness (QED) is 0.374. The Morgan fingerprint density at radius 2 is 1.70 bits per heavy atom. The molecule has 1 aromatic heterocycles. The van der Waals surface area contributed by atoms with Gasteiger partial charge in [0, 0.05) is 25.7 Å². The molecule has 0 unspecified atom stereocenters. The Hall–Kier alpha value is -2.00. The number of para-hydroxylation sites is 1. The van der Waals surface area contributed by atoms with Gasteiger partial charge in [0.1, 0.15) is 7.05 Å². The highest BCUT2D eigenvalue weighted by Gasteiger charge is 2.00. The molecule has 0 amide bonds. The van der Waals surface area contributed by atoms with E-state index in [1.54, 1.807) is 0 Å². The lowest BCUT2D eigenvalue weighted by atomic mass is 10.3. The average molecular weight is 339 g/mol. The summed E-state index contributed by atoms with van der Waals surface area (Å²) in [6, 6.07) is 14.5. The Labute approximate surface area is 137 Å². The fourth-order valence-electron chi connectivity index (χ4n) is 1.60. The lowest BCUT2D eigenvalue weighted by Crippen LogP contribution is -2.34. The average Bonchev–Trinajstić information content (AvgIpc) is 2.55. The second-order valence-electron chi connectivity index (χ2n) is 4.68. The van der Waals surface area contributed by atoms with Gasteiger partial charge in [-0.1, -0.05) is 18.2 Å². The Morgan fingerprint density at radius 3 is 2.17 bits per heavy atom. The lowest BCUT2D eigenvalue weighted by molar-refractivity contribution is -0.671. The van der Waals surface area contributed by atoms with Gasteiger partial charge in [-0.2, -0.15) is 0 Å². The van der Waals surface area contributed by atoms with Crippen LogP contribution in [0.25, 0.3) is 0 Å². The van der Waals surface area contributed by atoms with E-state index in [-0.39, 0.29) is 0 Å². The summed E-state index contributed by atoms with van der Waals surface area (Å²) in [5.41, 5.74) is 5.79. The molecular weight excluding hydrogens is 318 g/mol. The van der Waals surface area contributed by atoms with Crippen LogP contribution in [-0.4, -0.2) is 27.1 Å². The smallest absolute Gasteiger partial charge is 0.217 e. The molecular formula is C15H21N3O4S. The van der Waals surface area contributed by atoms with Gasteiger partial charge in [-0.3, -0.25) is 4.18 Å². The number of hydrogen-bond donors (Lipinski definition) is 1. The highest BCUT2D eigenvalue weighted by Crippen LogP contribution is 2.08. The van der Waals surface area contributed by atoms with Crippen molar-refractivity contribution in [3.8, 4) is 0 Å². The minimum Gasteiger partial charge on any atom is -0.726 e. The van der Waals surface area contributed by atoms with Crippen LogP contribution in [-0.2, 0) is 28.2 Å². The number of hydrogen-bond acceptors (Lipinski definition) is 6. The topological polar surface area (TPSA) is 85.6 Å². The number of hydrazine groups is 1. The zero-order chi connectivity index (χ0) is 17.3. The number of nitrogens with one attached hydrogen (secondary N) is 1. The van der Waals surface area contributed by atoms with Crippen molar-refractivity contribution in [3.05, 3.63) is 60.4 Å². The largest absolute Gasteiger partial charge is 0.726 e. The van der Waals surface area contributed by atoms with Gasteiger partial charge in [0.25, 0.3) is 0 Å². The third-order valence-electron chi connectivity index (χ3n) is 2.92. The van der Waals surface area contributed by atoms with Crippen LogP contribution < -0.4 is 15.0 Å². The van der Waals surface area contributed by atoms with E-state index in [2.05, 4.69) is 46.3 Å². The molecule has 0 saturated heterocycles. The summed E-state index contributed by atoms with van der Waals surface area (Å²) in [6.07, 6.45) is 4.11. The van der Waals surface area contributed by atoms with Crippen LogP contribution in [0, 0.1) is 0 Å². The zero-order valence-corrected chi connectivity index (χ0v) is 14.2. The first-order valence-corrected chi connectivity index (χ1v) is 8.13. The van der Waals surface area contributed by atoms with E-state index in [9.17, 15) is 13.0 Å². The van der Waals surface area contributed by atoms with Gasteiger partial charge in [-0.25, -0.2) is 18.4 Å². The molecule has 0 radical (unpaired) electrons. The maximum absolute atomic E-state index is 9.22. The molecule has 1 N–H and O–H groups in total. The van der Waals surface area contributed by atoms with Gasteiger partial charge >= 0.3 is 0 Å². The first-order valence-electron chi connectivity index (χ1n) is 6.79. The van der Waals surface area contributed by atoms with E-state index >= 15 is 0 Å². The van der Waals surface area contributed by atoms with Crippen LogP contribution in [0.2, 0.25) is 0 Å². The molecule has 0 bridgehead atoms. The fourth-order valence-corrected chi connectivity index (χ4v) is 1.60. The summed E-state index contributed by atoms with van der Waals surface area (Å²) in [7, 11) is 0.443. The van der Waals surface area contributed by atoms with Gasteiger partial charge < -0.3 is 9.56 Å². The maximum Gasteiger partial charge on any atom is 0.217 e. The fraction of sp³-hybridized carbons (Fsp3) is 0.267. The number of benzene rings is 1. The van der Waals surface area contributed by atoms with Gasteiger partial charge in [0.15, 0.2) is 12.4 Å². The molecule has 0 aliphatic carbocycles. The van der Waals surface area contributed by atoms with Crippen molar-refractivity contribution in [2.75, 3.05) is 19.2 Å². The van der Waals surface area contributed by atoms with Crippen LogP contribution >= 0.6 is 0 Å². The highest BCUT2D eigenvalue weighted by atomic mass is 32.3. The van der Waals surface area contributed by atoms with Crippen molar-refractivity contribution in [1.82, 2.24) is 5.43 Å². The first-order chi connectivity index (χ1) is 10.8. The molecule has 0 atom stereocenters. The predicted molar refractivity (Wildman–Crippen MR) is 86.0 cm³/mol. The van der Waals surface area contributed by atoms with Crippen LogP contribution in [0.3, 0.4) is 0 Å². The number of nitrogens with zero attached hydrogens (tertiary/aromatic N) is 2. The summed E-state index contributed by atoms with van der Waals surface area (Å²) in [6.45, 7) is 0.826. The zero-order valence-electron chi connectivity index (χ0n) is 13.3. The number of aromatic nitrogens is 1. The van der Waals surface area contributed by atoms with Gasteiger partial charge in [-0.05, 0) is 17.7 Å². The summed E-state index contributed by atoms with van der Waals surface area (Å²) in [5, 5.41) is 2.03. The molecule has 8 heteroatoms. The molecule has 0 spiro atoms. The lowest BCUT2D eigenvalue weighted by Gasteiger charge is -2.20. The molecule has 0 aliphatic heterocycles. The van der Waals surface area contributed by atoms with Crippen molar-refractivity contribution in [1.29, 1.82) is 0 Å². The second kappa shape index (κ2) is 9.21. The molecule has 126 valence electrons. The molecule has 7 nitrogen and oxygen atoms in total. The van der Waals surface area contributed by atoms with Crippen LogP contribution in [0.4, 0.5) is 5.69 Å². The first kappa shape index (κ1) is 19.0. The molecule has 1 aromatic carbocycles. The molecule has 0 aliphatic rings. The summed E-state index contributed by atoms with van der Waals surface area (Å²) in [4.78, 5) is 0. The van der Waals surface area contributed by atoms with Crippen molar-refractivity contribution in [2.45, 2.75) is 6.54 Å². The normalized spacial score (nSPS) is 10.6. The molecule has 23 heavy (non-hydrogen) atoms. The predicted octanol–water partition coefficient (Wildman–Crippen LogP) is 0.745. The van der Waals surface area contributed by atoms with E-state index in [0.717, 1.165) is 19.3 Å². The number of anilines is 1. The van der Waals surface area contributed by atoms with Crippen LogP contribution in [0.15, 0.2) is 54.9 Å². The van der Waals surface area contributed by atoms with Gasteiger partial charge in [0.2, 0.25) is 10.4 Å².